The normalized spacial score (nSPS) is 12.3. The summed E-state index contributed by atoms with van der Waals surface area (Å²) < 4.78 is 9.97. The Kier molecular flexibility index (Phi) is 5.83. The van der Waals surface area contributed by atoms with Crippen molar-refractivity contribution in [1.29, 1.82) is 0 Å². The fraction of sp³-hybridized carbons (Fsp3) is 0.533. The van der Waals surface area contributed by atoms with E-state index in [1.54, 1.807) is 7.11 Å². The first-order chi connectivity index (χ1) is 8.97. The predicted molar refractivity (Wildman–Crippen MR) is 75.4 cm³/mol. The zero-order valence-corrected chi connectivity index (χ0v) is 12.1. The second-order valence-corrected chi connectivity index (χ2v) is 4.97. The van der Waals surface area contributed by atoms with Crippen LogP contribution in [-0.2, 0) is 16.0 Å². The van der Waals surface area contributed by atoms with Crippen LogP contribution in [0.15, 0.2) is 18.2 Å². The van der Waals surface area contributed by atoms with Gasteiger partial charge in [0.15, 0.2) is 0 Å². The average molecular weight is 265 g/mol. The van der Waals surface area contributed by atoms with Gasteiger partial charge in [-0.15, -0.1) is 0 Å². The van der Waals surface area contributed by atoms with Crippen LogP contribution in [0.5, 0.6) is 5.75 Å². The van der Waals surface area contributed by atoms with Crippen molar-refractivity contribution in [3.05, 3.63) is 29.3 Å². The van der Waals surface area contributed by atoms with Crippen molar-refractivity contribution in [2.75, 3.05) is 14.2 Å². The van der Waals surface area contributed by atoms with Gasteiger partial charge in [-0.05, 0) is 29.5 Å². The van der Waals surface area contributed by atoms with E-state index in [1.807, 2.05) is 6.07 Å². The van der Waals surface area contributed by atoms with Gasteiger partial charge in [-0.25, -0.2) is 0 Å². The van der Waals surface area contributed by atoms with E-state index in [2.05, 4.69) is 30.7 Å². The van der Waals surface area contributed by atoms with Crippen LogP contribution >= 0.6 is 0 Å². The molecule has 0 aromatic heterocycles. The molecule has 0 amide bonds. The minimum atomic E-state index is -0.286. The summed E-state index contributed by atoms with van der Waals surface area (Å²) in [7, 11) is 3.01. The molecule has 19 heavy (non-hydrogen) atoms. The Morgan fingerprint density at radius 1 is 1.32 bits per heavy atom. The van der Waals surface area contributed by atoms with Crippen molar-refractivity contribution in [3.8, 4) is 5.75 Å². The zero-order valence-electron chi connectivity index (χ0n) is 12.1. The molecular formula is C15H23NO3. The van der Waals surface area contributed by atoms with Gasteiger partial charge in [0.25, 0.3) is 0 Å². The third-order valence-corrected chi connectivity index (χ3v) is 3.11. The Morgan fingerprint density at radius 3 is 2.53 bits per heavy atom. The van der Waals surface area contributed by atoms with E-state index in [0.717, 1.165) is 11.3 Å². The summed E-state index contributed by atoms with van der Waals surface area (Å²) in [5.41, 5.74) is 8.25. The van der Waals surface area contributed by atoms with Crippen molar-refractivity contribution in [1.82, 2.24) is 0 Å². The second-order valence-electron chi connectivity index (χ2n) is 4.97. The highest BCUT2D eigenvalue weighted by atomic mass is 16.5. The van der Waals surface area contributed by atoms with Crippen LogP contribution < -0.4 is 10.5 Å². The largest absolute Gasteiger partial charge is 0.496 e. The highest BCUT2D eigenvalue weighted by Gasteiger charge is 2.14. The lowest BCUT2D eigenvalue weighted by atomic mass is 9.96. The van der Waals surface area contributed by atoms with Gasteiger partial charge in [-0.3, -0.25) is 4.79 Å². The number of carbonyl (C=O) groups is 1. The quantitative estimate of drug-likeness (QED) is 0.801. The molecule has 0 saturated heterocycles. The van der Waals surface area contributed by atoms with Crippen molar-refractivity contribution < 1.29 is 14.3 Å². The van der Waals surface area contributed by atoms with Gasteiger partial charge in [0.1, 0.15) is 5.75 Å². The lowest BCUT2D eigenvalue weighted by Gasteiger charge is -2.16. The fourth-order valence-electron chi connectivity index (χ4n) is 1.97. The van der Waals surface area contributed by atoms with E-state index < -0.39 is 0 Å². The number of benzene rings is 1. The molecule has 106 valence electrons. The number of esters is 1. The van der Waals surface area contributed by atoms with Gasteiger partial charge in [-0.1, -0.05) is 26.0 Å². The van der Waals surface area contributed by atoms with E-state index in [1.165, 1.54) is 12.7 Å². The maximum absolute atomic E-state index is 11.2. The van der Waals surface area contributed by atoms with Crippen LogP contribution in [0, 0.1) is 0 Å². The molecule has 0 fully saturated rings. The van der Waals surface area contributed by atoms with Crippen molar-refractivity contribution in [3.63, 3.8) is 0 Å². The van der Waals surface area contributed by atoms with Crippen molar-refractivity contribution >= 4 is 5.97 Å². The van der Waals surface area contributed by atoms with E-state index in [4.69, 9.17) is 10.5 Å². The molecule has 1 rings (SSSR count). The number of methoxy groups -OCH3 is 2. The maximum Gasteiger partial charge on any atom is 0.307 e. The summed E-state index contributed by atoms with van der Waals surface area (Å²) in [4.78, 5) is 11.2. The summed E-state index contributed by atoms with van der Waals surface area (Å²) >= 11 is 0. The van der Waals surface area contributed by atoms with Crippen LogP contribution in [0.25, 0.3) is 0 Å². The molecule has 0 saturated carbocycles. The van der Waals surface area contributed by atoms with Crippen LogP contribution in [0.1, 0.15) is 37.3 Å². The summed E-state index contributed by atoms with van der Waals surface area (Å²) in [6.07, 6.45) is 0.810. The molecule has 4 heteroatoms. The van der Waals surface area contributed by atoms with Crippen LogP contribution in [-0.4, -0.2) is 26.2 Å². The summed E-state index contributed by atoms with van der Waals surface area (Å²) in [5, 5.41) is 0. The van der Waals surface area contributed by atoms with Gasteiger partial charge in [0.2, 0.25) is 0 Å². The molecule has 2 N–H and O–H groups in total. The molecular weight excluding hydrogens is 242 g/mol. The Bertz CT molecular complexity index is 429. The minimum Gasteiger partial charge on any atom is -0.496 e. The van der Waals surface area contributed by atoms with Crippen molar-refractivity contribution in [2.45, 2.75) is 38.6 Å². The number of carbonyl (C=O) groups excluding carboxylic acids is 1. The molecule has 1 aromatic rings. The van der Waals surface area contributed by atoms with Crippen molar-refractivity contribution in [2.24, 2.45) is 5.73 Å². The third kappa shape index (κ3) is 4.56. The van der Waals surface area contributed by atoms with E-state index >= 15 is 0 Å². The molecule has 0 aliphatic heterocycles. The van der Waals surface area contributed by atoms with Gasteiger partial charge < -0.3 is 15.2 Å². The zero-order chi connectivity index (χ0) is 14.4. The smallest absolute Gasteiger partial charge is 0.307 e. The molecule has 0 heterocycles. The van der Waals surface area contributed by atoms with Gasteiger partial charge >= 0.3 is 5.97 Å². The van der Waals surface area contributed by atoms with E-state index in [-0.39, 0.29) is 18.4 Å². The number of rotatable bonds is 6. The maximum atomic E-state index is 11.2. The van der Waals surface area contributed by atoms with E-state index in [0.29, 0.717) is 12.3 Å². The van der Waals surface area contributed by atoms with Crippen LogP contribution in [0.4, 0.5) is 0 Å². The predicted octanol–water partition coefficient (Wildman–Crippen LogP) is 2.25. The first kappa shape index (κ1) is 15.5. The summed E-state index contributed by atoms with van der Waals surface area (Å²) in [6.45, 7) is 4.28. The van der Waals surface area contributed by atoms with Gasteiger partial charge in [0.05, 0.1) is 20.6 Å². The number of hydrogen-bond acceptors (Lipinski definition) is 4. The summed E-state index contributed by atoms with van der Waals surface area (Å²) in [5.74, 6) is 0.970. The second kappa shape index (κ2) is 7.14. The molecule has 1 atom stereocenters. The number of ether oxygens (including phenoxy) is 2. The highest BCUT2D eigenvalue weighted by molar-refractivity contribution is 5.70. The summed E-state index contributed by atoms with van der Waals surface area (Å²) in [6, 6.07) is 5.85. The average Bonchev–Trinajstić information content (AvgIpc) is 2.38. The highest BCUT2D eigenvalue weighted by Crippen LogP contribution is 2.25. The SMILES string of the molecule is COC(=O)CC(N)Cc1cc(C(C)C)ccc1OC. The first-order valence-corrected chi connectivity index (χ1v) is 6.47. The molecule has 0 bridgehead atoms. The molecule has 0 aliphatic carbocycles. The van der Waals surface area contributed by atoms with Crippen LogP contribution in [0.3, 0.4) is 0 Å². The Balaban J connectivity index is 2.85. The minimum absolute atomic E-state index is 0.214. The first-order valence-electron chi connectivity index (χ1n) is 6.47. The lowest BCUT2D eigenvalue weighted by molar-refractivity contribution is -0.140. The van der Waals surface area contributed by atoms with Gasteiger partial charge in [0, 0.05) is 6.04 Å². The molecule has 0 spiro atoms. The third-order valence-electron chi connectivity index (χ3n) is 3.11. The number of nitrogens with two attached hydrogens (primary N) is 1. The lowest BCUT2D eigenvalue weighted by Crippen LogP contribution is -2.27. The Labute approximate surface area is 114 Å². The topological polar surface area (TPSA) is 61.5 Å². The molecule has 0 aliphatic rings. The van der Waals surface area contributed by atoms with Gasteiger partial charge in [-0.2, -0.15) is 0 Å². The monoisotopic (exact) mass is 265 g/mol. The number of hydrogen-bond donors (Lipinski definition) is 1. The molecule has 0 radical (unpaired) electrons. The molecule has 1 unspecified atom stereocenters. The Hall–Kier alpha value is -1.55. The van der Waals surface area contributed by atoms with E-state index in [9.17, 15) is 4.79 Å². The standard InChI is InChI=1S/C15H23NO3/c1-10(2)11-5-6-14(18-3)12(7-11)8-13(16)9-15(17)19-4/h5-7,10,13H,8-9,16H2,1-4H3. The van der Waals surface area contributed by atoms with Crippen LogP contribution in [0.2, 0.25) is 0 Å². The molecule has 1 aromatic carbocycles. The Morgan fingerprint density at radius 2 is 2.00 bits per heavy atom. The molecule has 4 nitrogen and oxygen atoms in total. The fourth-order valence-corrected chi connectivity index (χ4v) is 1.97.